The molecule has 0 saturated carbocycles. The predicted molar refractivity (Wildman–Crippen MR) is 95.9 cm³/mol. The standard InChI is InChI=1S/C16H27N5O3S/c1-20(2)16(24)19-13(22)10-6-8-25-15(10)18-14(23)11-9-21-7-4-3-5-12(21)17-11/h10-12,15,17H,3-9H2,1-2H3,(H,18,23)(H,19,22,24). The van der Waals surface area contributed by atoms with E-state index in [-0.39, 0.29) is 29.1 Å². The van der Waals surface area contributed by atoms with Crippen molar-refractivity contribution in [1.29, 1.82) is 0 Å². The number of rotatable bonds is 3. The molecule has 0 aromatic carbocycles. The number of amides is 4. The minimum Gasteiger partial charge on any atom is -0.342 e. The summed E-state index contributed by atoms with van der Waals surface area (Å²) in [5.74, 6) is 0.0598. The Morgan fingerprint density at radius 3 is 2.68 bits per heavy atom. The number of hydrogen-bond donors (Lipinski definition) is 3. The highest BCUT2D eigenvalue weighted by Gasteiger charge is 2.40. The van der Waals surface area contributed by atoms with Crippen molar-refractivity contribution >= 4 is 29.6 Å². The van der Waals surface area contributed by atoms with Crippen molar-refractivity contribution in [2.24, 2.45) is 5.92 Å². The largest absolute Gasteiger partial charge is 0.342 e. The lowest BCUT2D eigenvalue weighted by Crippen LogP contribution is -2.51. The van der Waals surface area contributed by atoms with Crippen molar-refractivity contribution in [1.82, 2.24) is 25.8 Å². The molecule has 3 heterocycles. The molecule has 25 heavy (non-hydrogen) atoms. The maximum Gasteiger partial charge on any atom is 0.323 e. The van der Waals surface area contributed by atoms with E-state index in [1.807, 2.05) is 0 Å². The van der Waals surface area contributed by atoms with Gasteiger partial charge in [-0.05, 0) is 38.0 Å². The zero-order valence-electron chi connectivity index (χ0n) is 14.8. The Kier molecular flexibility index (Phi) is 5.85. The summed E-state index contributed by atoms with van der Waals surface area (Å²) < 4.78 is 0. The highest BCUT2D eigenvalue weighted by Crippen LogP contribution is 2.31. The van der Waals surface area contributed by atoms with Gasteiger partial charge in [-0.1, -0.05) is 0 Å². The molecule has 4 atom stereocenters. The average molecular weight is 369 g/mol. The summed E-state index contributed by atoms with van der Waals surface area (Å²) in [5, 5.41) is 8.53. The fourth-order valence-electron chi connectivity index (χ4n) is 3.63. The van der Waals surface area contributed by atoms with Crippen LogP contribution in [0.5, 0.6) is 0 Å². The van der Waals surface area contributed by atoms with E-state index in [1.54, 1.807) is 25.9 Å². The van der Waals surface area contributed by atoms with Crippen LogP contribution in [0.2, 0.25) is 0 Å². The lowest BCUT2D eigenvalue weighted by atomic mass is 10.1. The highest BCUT2D eigenvalue weighted by atomic mass is 32.2. The fourth-order valence-corrected chi connectivity index (χ4v) is 4.96. The van der Waals surface area contributed by atoms with Crippen LogP contribution in [0, 0.1) is 5.92 Å². The van der Waals surface area contributed by atoms with E-state index in [0.717, 1.165) is 25.3 Å². The summed E-state index contributed by atoms with van der Waals surface area (Å²) in [6.45, 7) is 1.77. The van der Waals surface area contributed by atoms with Gasteiger partial charge in [-0.25, -0.2) is 4.79 Å². The minimum absolute atomic E-state index is 0.0504. The first kappa shape index (κ1) is 18.5. The first-order valence-corrected chi connectivity index (χ1v) is 9.95. The minimum atomic E-state index is -0.429. The van der Waals surface area contributed by atoms with E-state index in [9.17, 15) is 14.4 Å². The van der Waals surface area contributed by atoms with E-state index in [4.69, 9.17) is 0 Å². The van der Waals surface area contributed by atoms with Crippen LogP contribution in [-0.4, -0.2) is 78.2 Å². The molecule has 8 nitrogen and oxygen atoms in total. The normalized spacial score (nSPS) is 32.1. The smallest absolute Gasteiger partial charge is 0.323 e. The lowest BCUT2D eigenvalue weighted by molar-refractivity contribution is -0.125. The average Bonchev–Trinajstić information content (AvgIpc) is 3.20. The van der Waals surface area contributed by atoms with Crippen molar-refractivity contribution in [3.63, 3.8) is 0 Å². The van der Waals surface area contributed by atoms with Crippen LogP contribution in [0.15, 0.2) is 0 Å². The Morgan fingerprint density at radius 2 is 1.96 bits per heavy atom. The van der Waals surface area contributed by atoms with Gasteiger partial charge < -0.3 is 10.2 Å². The Bertz CT molecular complexity index is 530. The summed E-state index contributed by atoms with van der Waals surface area (Å²) in [6, 6.07) is -0.655. The van der Waals surface area contributed by atoms with E-state index >= 15 is 0 Å². The molecule has 0 radical (unpaired) electrons. The molecule has 3 rings (SSSR count). The van der Waals surface area contributed by atoms with Gasteiger partial charge in [-0.15, -0.1) is 11.8 Å². The number of urea groups is 1. The van der Waals surface area contributed by atoms with Crippen LogP contribution < -0.4 is 16.0 Å². The van der Waals surface area contributed by atoms with Gasteiger partial charge in [0.1, 0.15) is 6.04 Å². The van der Waals surface area contributed by atoms with Crippen LogP contribution in [0.25, 0.3) is 0 Å². The molecular weight excluding hydrogens is 342 g/mol. The maximum absolute atomic E-state index is 12.6. The topological polar surface area (TPSA) is 93.8 Å². The van der Waals surface area contributed by atoms with Gasteiger partial charge in [0.2, 0.25) is 11.8 Å². The van der Waals surface area contributed by atoms with Crippen molar-refractivity contribution in [2.75, 3.05) is 32.9 Å². The molecule has 4 unspecified atom stereocenters. The van der Waals surface area contributed by atoms with Crippen LogP contribution in [0.1, 0.15) is 25.7 Å². The van der Waals surface area contributed by atoms with E-state index in [2.05, 4.69) is 20.9 Å². The summed E-state index contributed by atoms with van der Waals surface area (Å²) in [6.07, 6.45) is 4.43. The number of carbonyl (C=O) groups is 3. The number of thioether (sulfide) groups is 1. The second kappa shape index (κ2) is 7.92. The molecule has 4 amide bonds. The maximum atomic E-state index is 12.6. The summed E-state index contributed by atoms with van der Waals surface area (Å²) >= 11 is 1.57. The molecule has 9 heteroatoms. The van der Waals surface area contributed by atoms with Gasteiger partial charge >= 0.3 is 6.03 Å². The van der Waals surface area contributed by atoms with Crippen LogP contribution in [0.3, 0.4) is 0 Å². The number of carbonyl (C=O) groups excluding carboxylic acids is 3. The SMILES string of the molecule is CN(C)C(=O)NC(=O)C1CCSC1NC(=O)C1CN2CCCCC2N1. The van der Waals surface area contributed by atoms with Crippen molar-refractivity contribution in [2.45, 2.75) is 43.3 Å². The summed E-state index contributed by atoms with van der Waals surface area (Å²) in [7, 11) is 3.18. The Morgan fingerprint density at radius 1 is 1.16 bits per heavy atom. The van der Waals surface area contributed by atoms with Crippen LogP contribution in [0.4, 0.5) is 4.79 Å². The molecule has 140 valence electrons. The number of imide groups is 1. The lowest BCUT2D eigenvalue weighted by Gasteiger charge is -2.28. The number of nitrogens with one attached hydrogen (secondary N) is 3. The first-order chi connectivity index (χ1) is 12.0. The number of nitrogens with zero attached hydrogens (tertiary/aromatic N) is 2. The zero-order valence-corrected chi connectivity index (χ0v) is 15.6. The molecule has 0 aromatic heterocycles. The first-order valence-electron chi connectivity index (χ1n) is 8.90. The van der Waals surface area contributed by atoms with Gasteiger partial charge in [-0.3, -0.25) is 25.1 Å². The summed E-state index contributed by atoms with van der Waals surface area (Å²) in [5.41, 5.74) is 0. The molecule has 3 aliphatic rings. The molecule has 0 bridgehead atoms. The molecule has 3 aliphatic heterocycles. The third-order valence-electron chi connectivity index (χ3n) is 5.09. The molecule has 0 aliphatic carbocycles. The van der Waals surface area contributed by atoms with E-state index in [1.165, 1.54) is 17.7 Å². The molecular formula is C16H27N5O3S. The van der Waals surface area contributed by atoms with Gasteiger partial charge in [0, 0.05) is 20.6 Å². The number of hydrogen-bond acceptors (Lipinski definition) is 6. The molecule has 3 saturated heterocycles. The second-order valence-electron chi connectivity index (χ2n) is 7.11. The van der Waals surface area contributed by atoms with Crippen LogP contribution in [-0.2, 0) is 9.59 Å². The molecule has 3 N–H and O–H groups in total. The molecule has 0 spiro atoms. The highest BCUT2D eigenvalue weighted by molar-refractivity contribution is 8.00. The predicted octanol–water partition coefficient (Wildman–Crippen LogP) is -0.237. The zero-order chi connectivity index (χ0) is 18.0. The third kappa shape index (κ3) is 4.27. The van der Waals surface area contributed by atoms with Crippen molar-refractivity contribution < 1.29 is 14.4 Å². The molecule has 0 aromatic rings. The Labute approximate surface area is 152 Å². The molecule has 3 fully saturated rings. The van der Waals surface area contributed by atoms with Crippen molar-refractivity contribution in [3.05, 3.63) is 0 Å². The Hall–Kier alpha value is -1.32. The van der Waals surface area contributed by atoms with Gasteiger partial charge in [0.05, 0.1) is 17.5 Å². The summed E-state index contributed by atoms with van der Waals surface area (Å²) in [4.78, 5) is 40.3. The van der Waals surface area contributed by atoms with Gasteiger partial charge in [-0.2, -0.15) is 0 Å². The number of fused-ring (bicyclic) bond motifs is 1. The quantitative estimate of drug-likeness (QED) is 0.636. The van der Waals surface area contributed by atoms with Gasteiger partial charge in [0.25, 0.3) is 0 Å². The third-order valence-corrected chi connectivity index (χ3v) is 6.37. The Balaban J connectivity index is 1.53. The fraction of sp³-hybridized carbons (Fsp3) is 0.812. The van der Waals surface area contributed by atoms with Gasteiger partial charge in [0.15, 0.2) is 0 Å². The van der Waals surface area contributed by atoms with E-state index in [0.29, 0.717) is 12.6 Å². The van der Waals surface area contributed by atoms with E-state index < -0.39 is 6.03 Å². The number of piperidine rings is 1. The van der Waals surface area contributed by atoms with Crippen molar-refractivity contribution in [3.8, 4) is 0 Å². The monoisotopic (exact) mass is 369 g/mol. The second-order valence-corrected chi connectivity index (χ2v) is 8.36. The van der Waals surface area contributed by atoms with Crippen LogP contribution >= 0.6 is 11.8 Å².